The van der Waals surface area contributed by atoms with E-state index in [-0.39, 0.29) is 17.1 Å². The fraction of sp³-hybridized carbons (Fsp3) is 0.261. The van der Waals surface area contributed by atoms with Crippen LogP contribution < -0.4 is 15.1 Å². The smallest absolute Gasteiger partial charge is 0.343 e. The zero-order valence-corrected chi connectivity index (χ0v) is 33.5. The van der Waals surface area contributed by atoms with Gasteiger partial charge in [-0.2, -0.15) is 8.78 Å². The van der Waals surface area contributed by atoms with E-state index in [1.54, 1.807) is 103 Å². The molecule has 1 unspecified atom stereocenters. The van der Waals surface area contributed by atoms with Gasteiger partial charge >= 0.3 is 5.92 Å². The maximum absolute atomic E-state index is 17.4. The van der Waals surface area contributed by atoms with Crippen molar-refractivity contribution in [2.24, 2.45) is 0 Å². The standard InChI is InChI=1S/C46H51F2N3O4Si/c1-45(2,3)56(4,5)55-41-29-19-18-28-38(41)50-43(53)40(31-30-34-20-10-6-11-21-34)51(32-35-22-12-7-13-23-35)44(54)46(47,48)42(37-26-16-9-17-27-37)49-39(33-52)36-24-14-8-15-25-36/h6-31,39-40,42,49,52H,32-33H2,1-5H3,(H,50,53)/b31-30+/t39-,40?,42-/m0/s1. The fourth-order valence-electron chi connectivity index (χ4n) is 5.98. The highest BCUT2D eigenvalue weighted by atomic mass is 28.4. The molecule has 0 aliphatic heterocycles. The van der Waals surface area contributed by atoms with Crippen molar-refractivity contribution in [1.29, 1.82) is 0 Å². The monoisotopic (exact) mass is 775 g/mol. The number of alkyl halides is 2. The van der Waals surface area contributed by atoms with E-state index in [1.165, 1.54) is 18.2 Å². The van der Waals surface area contributed by atoms with Crippen molar-refractivity contribution in [2.75, 3.05) is 11.9 Å². The van der Waals surface area contributed by atoms with Gasteiger partial charge < -0.3 is 19.7 Å². The summed E-state index contributed by atoms with van der Waals surface area (Å²) in [6.07, 6.45) is 3.13. The Labute approximate surface area is 330 Å². The first kappa shape index (κ1) is 41.7. The molecule has 0 spiro atoms. The number of amides is 2. The minimum atomic E-state index is -4.12. The van der Waals surface area contributed by atoms with Gasteiger partial charge in [0, 0.05) is 6.54 Å². The predicted octanol–water partition coefficient (Wildman–Crippen LogP) is 9.82. The zero-order chi connectivity index (χ0) is 40.3. The summed E-state index contributed by atoms with van der Waals surface area (Å²) in [5.74, 6) is -5.95. The molecule has 5 aromatic rings. The lowest BCUT2D eigenvalue weighted by molar-refractivity contribution is -0.166. The normalized spacial score (nSPS) is 13.8. The number of para-hydroxylation sites is 2. The Morgan fingerprint density at radius 1 is 0.768 bits per heavy atom. The Morgan fingerprint density at radius 2 is 1.29 bits per heavy atom. The largest absolute Gasteiger partial charge is 0.542 e. The fourth-order valence-corrected chi connectivity index (χ4v) is 7.01. The molecule has 0 fully saturated rings. The molecule has 3 atom stereocenters. The molecule has 0 radical (unpaired) electrons. The molecule has 0 bridgehead atoms. The second-order valence-corrected chi connectivity index (χ2v) is 20.0. The highest BCUT2D eigenvalue weighted by Crippen LogP contribution is 2.40. The maximum Gasteiger partial charge on any atom is 0.343 e. The van der Waals surface area contributed by atoms with Crippen molar-refractivity contribution >= 4 is 31.9 Å². The molecule has 0 aliphatic carbocycles. The average molecular weight is 776 g/mol. The van der Waals surface area contributed by atoms with E-state index < -0.39 is 50.8 Å². The van der Waals surface area contributed by atoms with Crippen LogP contribution in [0.15, 0.2) is 152 Å². The minimum Gasteiger partial charge on any atom is -0.542 e. The van der Waals surface area contributed by atoms with Crippen molar-refractivity contribution in [2.45, 2.75) is 69.5 Å². The number of rotatable bonds is 16. The molecule has 3 N–H and O–H groups in total. The number of nitrogens with zero attached hydrogens (tertiary/aromatic N) is 1. The number of aliphatic hydroxyl groups excluding tert-OH is 1. The molecule has 5 aromatic carbocycles. The molecular weight excluding hydrogens is 725 g/mol. The van der Waals surface area contributed by atoms with Gasteiger partial charge in [-0.05, 0) is 52.5 Å². The van der Waals surface area contributed by atoms with Crippen LogP contribution in [0.1, 0.15) is 55.1 Å². The molecule has 0 heterocycles. The summed E-state index contributed by atoms with van der Waals surface area (Å²) in [4.78, 5) is 30.4. The van der Waals surface area contributed by atoms with Crippen LogP contribution in [0.25, 0.3) is 6.08 Å². The van der Waals surface area contributed by atoms with Crippen molar-refractivity contribution in [3.05, 3.63) is 174 Å². The summed E-state index contributed by atoms with van der Waals surface area (Å²) in [7, 11) is -2.37. The summed E-state index contributed by atoms with van der Waals surface area (Å²) in [6.45, 7) is 9.70. The van der Waals surface area contributed by atoms with Crippen LogP contribution in [0.2, 0.25) is 18.1 Å². The molecule has 7 nitrogen and oxygen atoms in total. The topological polar surface area (TPSA) is 90.9 Å². The summed E-state index contributed by atoms with van der Waals surface area (Å²) in [5.41, 5.74) is 2.32. The van der Waals surface area contributed by atoms with E-state index >= 15 is 8.78 Å². The quantitative estimate of drug-likeness (QED) is 0.0869. The van der Waals surface area contributed by atoms with Crippen molar-refractivity contribution in [1.82, 2.24) is 10.2 Å². The predicted molar refractivity (Wildman–Crippen MR) is 223 cm³/mol. The minimum absolute atomic E-state index is 0.137. The third-order valence-electron chi connectivity index (χ3n) is 10.2. The molecule has 0 aromatic heterocycles. The van der Waals surface area contributed by atoms with Crippen LogP contribution in [0.4, 0.5) is 14.5 Å². The van der Waals surface area contributed by atoms with Gasteiger partial charge in [0.05, 0.1) is 18.3 Å². The molecular formula is C46H51F2N3O4Si. The number of aliphatic hydroxyl groups is 1. The van der Waals surface area contributed by atoms with E-state index in [0.717, 1.165) is 4.90 Å². The lowest BCUT2D eigenvalue weighted by Gasteiger charge is -2.37. The third kappa shape index (κ3) is 10.5. The van der Waals surface area contributed by atoms with Gasteiger partial charge in [0.1, 0.15) is 17.8 Å². The number of benzene rings is 5. The van der Waals surface area contributed by atoms with Crippen LogP contribution in [-0.2, 0) is 16.1 Å². The molecule has 0 aliphatic rings. The number of carbonyl (C=O) groups excluding carboxylic acids is 2. The first-order valence-corrected chi connectivity index (χ1v) is 21.6. The Balaban J connectivity index is 1.61. The van der Waals surface area contributed by atoms with Gasteiger partial charge in [-0.15, -0.1) is 0 Å². The van der Waals surface area contributed by atoms with Crippen LogP contribution in [-0.4, -0.2) is 48.7 Å². The number of hydrogen-bond donors (Lipinski definition) is 3. The summed E-state index contributed by atoms with van der Waals surface area (Å²) in [6, 6.07) is 37.3. The van der Waals surface area contributed by atoms with E-state index in [4.69, 9.17) is 4.43 Å². The zero-order valence-electron chi connectivity index (χ0n) is 32.5. The number of anilines is 1. The molecule has 10 heteroatoms. The van der Waals surface area contributed by atoms with Gasteiger partial charge in [-0.25, -0.2) is 0 Å². The molecule has 2 amide bonds. The Kier molecular flexibility index (Phi) is 13.8. The van der Waals surface area contributed by atoms with E-state index in [9.17, 15) is 14.7 Å². The van der Waals surface area contributed by atoms with E-state index in [0.29, 0.717) is 28.1 Å². The SMILES string of the molecule is CC(C)(C)[Si](C)(C)Oc1ccccc1NC(=O)C(/C=C/c1ccccc1)N(Cc1ccccc1)C(=O)C(F)(F)[C@@H](N[C@@H](CO)c1ccccc1)c1ccccc1. The average Bonchev–Trinajstić information content (AvgIpc) is 3.19. The molecule has 0 saturated heterocycles. The molecule has 5 rings (SSSR count). The Morgan fingerprint density at radius 3 is 1.86 bits per heavy atom. The summed E-state index contributed by atoms with van der Waals surface area (Å²) >= 11 is 0. The lowest BCUT2D eigenvalue weighted by Crippen LogP contribution is -2.56. The van der Waals surface area contributed by atoms with Crippen molar-refractivity contribution in [3.63, 3.8) is 0 Å². The highest BCUT2D eigenvalue weighted by molar-refractivity contribution is 6.74. The van der Waals surface area contributed by atoms with Crippen LogP contribution in [0.3, 0.4) is 0 Å². The maximum atomic E-state index is 17.4. The van der Waals surface area contributed by atoms with Gasteiger partial charge in [-0.1, -0.05) is 166 Å². The lowest BCUT2D eigenvalue weighted by atomic mass is 9.95. The number of carbonyl (C=O) groups is 2. The second kappa shape index (κ2) is 18.5. The van der Waals surface area contributed by atoms with Crippen LogP contribution in [0, 0.1) is 0 Å². The van der Waals surface area contributed by atoms with Crippen LogP contribution in [0.5, 0.6) is 5.75 Å². The van der Waals surface area contributed by atoms with E-state index in [2.05, 4.69) is 44.5 Å². The molecule has 0 saturated carbocycles. The highest BCUT2D eigenvalue weighted by Gasteiger charge is 2.52. The first-order valence-electron chi connectivity index (χ1n) is 18.7. The molecule has 56 heavy (non-hydrogen) atoms. The van der Waals surface area contributed by atoms with Gasteiger partial charge in [0.25, 0.3) is 20.1 Å². The van der Waals surface area contributed by atoms with Gasteiger partial charge in [-0.3, -0.25) is 14.9 Å². The van der Waals surface area contributed by atoms with Crippen LogP contribution >= 0.6 is 0 Å². The van der Waals surface area contributed by atoms with E-state index in [1.807, 2.05) is 36.4 Å². The third-order valence-corrected chi connectivity index (χ3v) is 14.5. The Hall–Kier alpha value is -5.42. The van der Waals surface area contributed by atoms with Gasteiger partial charge in [0.15, 0.2) is 0 Å². The van der Waals surface area contributed by atoms with Crippen molar-refractivity contribution in [3.8, 4) is 5.75 Å². The molecule has 292 valence electrons. The second-order valence-electron chi connectivity index (χ2n) is 15.3. The summed E-state index contributed by atoms with van der Waals surface area (Å²) < 4.78 is 41.4. The number of nitrogens with one attached hydrogen (secondary N) is 2. The first-order chi connectivity index (χ1) is 26.7. The summed E-state index contributed by atoms with van der Waals surface area (Å²) in [5, 5.41) is 16.1. The van der Waals surface area contributed by atoms with Crippen molar-refractivity contribution < 1.29 is 27.9 Å². The Bertz CT molecular complexity index is 2040. The number of hydrogen-bond acceptors (Lipinski definition) is 5. The van der Waals surface area contributed by atoms with Gasteiger partial charge in [0.2, 0.25) is 0 Å². The number of halogens is 2.